The van der Waals surface area contributed by atoms with Gasteiger partial charge in [-0.3, -0.25) is 4.99 Å². The predicted octanol–water partition coefficient (Wildman–Crippen LogP) is 12.9. The average Bonchev–Trinajstić information content (AvgIpc) is 3.13. The first-order chi connectivity index (χ1) is 23.7. The van der Waals surface area contributed by atoms with Crippen LogP contribution in [-0.2, 0) is 0 Å². The normalized spacial score (nSPS) is 11.4. The van der Waals surface area contributed by atoms with Crippen LogP contribution >= 0.6 is 0 Å². The van der Waals surface area contributed by atoms with Gasteiger partial charge in [0.15, 0.2) is 0 Å². The molecule has 0 aliphatic heterocycles. The van der Waals surface area contributed by atoms with Gasteiger partial charge in [0.05, 0.1) is 29.2 Å². The number of carbonyl (C=O) groups is 1. The van der Waals surface area contributed by atoms with E-state index in [2.05, 4.69) is 22.1 Å². The molecule has 6 nitrogen and oxygen atoms in total. The number of hydrogen-bond donors (Lipinski definition) is 0. The topological polar surface area (TPSA) is 72.6 Å². The lowest BCUT2D eigenvalue weighted by Gasteiger charge is -2.08. The Bertz CT molecular complexity index is 1520. The molecule has 0 aromatic heterocycles. The standard InChI is InChI=1S/C42H51N3O3/c1-2-3-4-5-6-7-8-9-10-11-12-13-14-18-32-47-40-30-24-36(25-31-40)42(46)48-41-23-19-20-35(33-41)34-43-37-26-28-39(29-27-37)45-44-38-21-16-15-17-22-38/h15-17,19-31,33-34H,2-14,18,32H2,1H3. The summed E-state index contributed by atoms with van der Waals surface area (Å²) in [5.74, 6) is 0.813. The molecule has 4 aromatic rings. The van der Waals surface area contributed by atoms with Crippen molar-refractivity contribution in [3.05, 3.63) is 114 Å². The van der Waals surface area contributed by atoms with Crippen LogP contribution < -0.4 is 9.47 Å². The Morgan fingerprint density at radius 1 is 0.562 bits per heavy atom. The number of unbranched alkanes of at least 4 members (excludes halogenated alkanes) is 13. The Morgan fingerprint density at radius 3 is 1.75 bits per heavy atom. The van der Waals surface area contributed by atoms with E-state index < -0.39 is 5.97 Å². The van der Waals surface area contributed by atoms with Crippen molar-refractivity contribution in [2.75, 3.05) is 6.61 Å². The van der Waals surface area contributed by atoms with E-state index >= 15 is 0 Å². The molecule has 0 spiro atoms. The molecule has 0 N–H and O–H groups in total. The molecule has 0 amide bonds. The molecule has 0 radical (unpaired) electrons. The zero-order valence-corrected chi connectivity index (χ0v) is 28.6. The highest BCUT2D eigenvalue weighted by atomic mass is 16.5. The van der Waals surface area contributed by atoms with E-state index in [0.29, 0.717) is 17.9 Å². The maximum atomic E-state index is 12.8. The van der Waals surface area contributed by atoms with Gasteiger partial charge in [-0.25, -0.2) is 4.79 Å². The second-order valence-electron chi connectivity index (χ2n) is 12.2. The van der Waals surface area contributed by atoms with E-state index in [0.717, 1.165) is 34.8 Å². The highest BCUT2D eigenvalue weighted by molar-refractivity contribution is 5.91. The first-order valence-electron chi connectivity index (χ1n) is 17.9. The summed E-state index contributed by atoms with van der Waals surface area (Å²) < 4.78 is 11.5. The molecule has 0 saturated heterocycles. The van der Waals surface area contributed by atoms with Crippen LogP contribution in [0.25, 0.3) is 0 Å². The van der Waals surface area contributed by atoms with Gasteiger partial charge in [-0.2, -0.15) is 10.2 Å². The van der Waals surface area contributed by atoms with Crippen LogP contribution in [0.2, 0.25) is 0 Å². The number of azo groups is 1. The number of carbonyl (C=O) groups excluding carboxylic acids is 1. The van der Waals surface area contributed by atoms with Crippen LogP contribution in [0.3, 0.4) is 0 Å². The van der Waals surface area contributed by atoms with Crippen molar-refractivity contribution in [2.24, 2.45) is 15.2 Å². The van der Waals surface area contributed by atoms with Crippen molar-refractivity contribution in [1.82, 2.24) is 0 Å². The van der Waals surface area contributed by atoms with Crippen molar-refractivity contribution in [3.63, 3.8) is 0 Å². The Morgan fingerprint density at radius 2 is 1.12 bits per heavy atom. The lowest BCUT2D eigenvalue weighted by Crippen LogP contribution is -2.08. The van der Waals surface area contributed by atoms with E-state index in [1.54, 1.807) is 30.5 Å². The number of nitrogens with zero attached hydrogens (tertiary/aromatic N) is 3. The third kappa shape index (κ3) is 14.5. The Kier molecular flexibility index (Phi) is 16.7. The number of aliphatic imine (C=N–C) groups is 1. The van der Waals surface area contributed by atoms with Gasteiger partial charge in [0.1, 0.15) is 11.5 Å². The van der Waals surface area contributed by atoms with Crippen molar-refractivity contribution in [2.45, 2.75) is 96.8 Å². The largest absolute Gasteiger partial charge is 0.494 e. The van der Waals surface area contributed by atoms with Crippen molar-refractivity contribution < 1.29 is 14.3 Å². The van der Waals surface area contributed by atoms with Crippen LogP contribution in [0, 0.1) is 0 Å². The number of benzene rings is 4. The van der Waals surface area contributed by atoms with Crippen LogP contribution in [0.4, 0.5) is 17.1 Å². The molecule has 0 heterocycles. The summed E-state index contributed by atoms with van der Waals surface area (Å²) in [5.41, 5.74) is 3.62. The number of ether oxygens (including phenoxy) is 2. The minimum Gasteiger partial charge on any atom is -0.494 e. The van der Waals surface area contributed by atoms with Gasteiger partial charge in [-0.05, 0) is 84.8 Å². The fourth-order valence-corrected chi connectivity index (χ4v) is 5.36. The van der Waals surface area contributed by atoms with Gasteiger partial charge < -0.3 is 9.47 Å². The maximum absolute atomic E-state index is 12.8. The van der Waals surface area contributed by atoms with Gasteiger partial charge in [-0.15, -0.1) is 0 Å². The third-order valence-electron chi connectivity index (χ3n) is 8.17. The monoisotopic (exact) mass is 645 g/mol. The van der Waals surface area contributed by atoms with Crippen molar-refractivity contribution in [3.8, 4) is 11.5 Å². The van der Waals surface area contributed by atoms with Gasteiger partial charge in [0.2, 0.25) is 0 Å². The minimum absolute atomic E-state index is 0.414. The fourth-order valence-electron chi connectivity index (χ4n) is 5.36. The molecule has 252 valence electrons. The quantitative estimate of drug-likeness (QED) is 0.0281. The second kappa shape index (κ2) is 22.1. The summed E-state index contributed by atoms with van der Waals surface area (Å²) in [4.78, 5) is 17.3. The summed E-state index contributed by atoms with van der Waals surface area (Å²) in [5, 5.41) is 8.50. The average molecular weight is 646 g/mol. The number of esters is 1. The van der Waals surface area contributed by atoms with E-state index in [9.17, 15) is 4.79 Å². The van der Waals surface area contributed by atoms with Gasteiger partial charge in [-0.1, -0.05) is 121 Å². The lowest BCUT2D eigenvalue weighted by atomic mass is 10.0. The van der Waals surface area contributed by atoms with E-state index in [1.807, 2.05) is 78.9 Å². The molecule has 0 saturated carbocycles. The highest BCUT2D eigenvalue weighted by Crippen LogP contribution is 2.22. The zero-order chi connectivity index (χ0) is 33.5. The number of rotatable bonds is 22. The molecule has 0 unspecified atom stereocenters. The SMILES string of the molecule is CCCCCCCCCCCCCCCCOc1ccc(C(=O)Oc2cccc(C=Nc3ccc(N=Nc4ccccc4)cc3)c2)cc1. The summed E-state index contributed by atoms with van der Waals surface area (Å²) in [6.07, 6.45) is 20.5. The summed E-state index contributed by atoms with van der Waals surface area (Å²) in [6.45, 7) is 2.97. The maximum Gasteiger partial charge on any atom is 0.343 e. The molecule has 0 atom stereocenters. The first kappa shape index (κ1) is 36.3. The van der Waals surface area contributed by atoms with Gasteiger partial charge in [0, 0.05) is 6.21 Å². The molecule has 0 aliphatic rings. The molecular weight excluding hydrogens is 594 g/mol. The second-order valence-corrected chi connectivity index (χ2v) is 12.2. The summed E-state index contributed by atoms with van der Waals surface area (Å²) in [7, 11) is 0. The van der Waals surface area contributed by atoms with Crippen molar-refractivity contribution >= 4 is 29.2 Å². The van der Waals surface area contributed by atoms with Crippen molar-refractivity contribution in [1.29, 1.82) is 0 Å². The molecule has 0 fully saturated rings. The molecular formula is C42H51N3O3. The minimum atomic E-state index is -0.414. The van der Waals surface area contributed by atoms with Crippen LogP contribution in [0.5, 0.6) is 11.5 Å². The van der Waals surface area contributed by atoms with E-state index in [4.69, 9.17) is 9.47 Å². The third-order valence-corrected chi connectivity index (χ3v) is 8.17. The zero-order valence-electron chi connectivity index (χ0n) is 28.6. The molecule has 0 aliphatic carbocycles. The molecule has 0 bridgehead atoms. The Labute approximate surface area is 287 Å². The van der Waals surface area contributed by atoms with Gasteiger partial charge in [0.25, 0.3) is 0 Å². The summed E-state index contributed by atoms with van der Waals surface area (Å²) in [6, 6.07) is 31.6. The van der Waals surface area contributed by atoms with E-state index in [1.165, 1.54) is 83.5 Å². The van der Waals surface area contributed by atoms with Crippen LogP contribution in [0.1, 0.15) is 113 Å². The Hall–Kier alpha value is -4.58. The lowest BCUT2D eigenvalue weighted by molar-refractivity contribution is 0.0734. The van der Waals surface area contributed by atoms with Crippen LogP contribution in [0.15, 0.2) is 118 Å². The predicted molar refractivity (Wildman–Crippen MR) is 198 cm³/mol. The van der Waals surface area contributed by atoms with E-state index in [-0.39, 0.29) is 0 Å². The molecule has 4 rings (SSSR count). The molecule has 6 heteroatoms. The number of hydrogen-bond acceptors (Lipinski definition) is 6. The smallest absolute Gasteiger partial charge is 0.343 e. The highest BCUT2D eigenvalue weighted by Gasteiger charge is 2.09. The molecule has 4 aromatic carbocycles. The molecule has 48 heavy (non-hydrogen) atoms. The summed E-state index contributed by atoms with van der Waals surface area (Å²) >= 11 is 0. The fraction of sp³-hybridized carbons (Fsp3) is 0.381. The van der Waals surface area contributed by atoms with Gasteiger partial charge >= 0.3 is 5.97 Å². The Balaban J connectivity index is 1.10. The van der Waals surface area contributed by atoms with Crippen LogP contribution in [-0.4, -0.2) is 18.8 Å². The first-order valence-corrected chi connectivity index (χ1v) is 17.9.